The van der Waals surface area contributed by atoms with E-state index in [1.165, 1.54) is 6.20 Å². The van der Waals surface area contributed by atoms with Crippen molar-refractivity contribution in [2.45, 2.75) is 32.6 Å². The van der Waals surface area contributed by atoms with Gasteiger partial charge in [-0.25, -0.2) is 13.8 Å². The standard InChI is InChI=1S/C22H23F2N5/c1-15-13-29-8-4-16(9-20(29)28-15)21-18(3-2-7-27-21)17(11-25)12-26-14-22(5-6-22)10-19(23)24/h2-4,7-9,11-13,19H,5-6,10,14,25H2,1H3. The van der Waals surface area contributed by atoms with Crippen LogP contribution in [0.25, 0.3) is 22.5 Å². The van der Waals surface area contributed by atoms with Gasteiger partial charge in [-0.05, 0) is 43.4 Å². The first-order valence-corrected chi connectivity index (χ1v) is 9.61. The Morgan fingerprint density at radius 3 is 2.93 bits per heavy atom. The molecule has 3 aromatic rings. The quantitative estimate of drug-likeness (QED) is 0.599. The Morgan fingerprint density at radius 1 is 1.38 bits per heavy atom. The predicted octanol–water partition coefficient (Wildman–Crippen LogP) is 4.51. The van der Waals surface area contributed by atoms with E-state index in [-0.39, 0.29) is 11.8 Å². The number of nitrogens with two attached hydrogens (primary N) is 1. The van der Waals surface area contributed by atoms with Gasteiger partial charge in [0, 0.05) is 60.7 Å². The zero-order valence-electron chi connectivity index (χ0n) is 16.2. The van der Waals surface area contributed by atoms with Crippen LogP contribution in [0.15, 0.2) is 54.0 Å². The minimum Gasteiger partial charge on any atom is -0.404 e. The van der Waals surface area contributed by atoms with Crippen LogP contribution >= 0.6 is 0 Å². The molecule has 1 saturated carbocycles. The molecule has 1 aliphatic rings. The summed E-state index contributed by atoms with van der Waals surface area (Å²) >= 11 is 0. The molecule has 0 atom stereocenters. The molecule has 0 bridgehead atoms. The largest absolute Gasteiger partial charge is 0.404 e. The Labute approximate surface area is 168 Å². The molecule has 2 N–H and O–H groups in total. The molecule has 3 heterocycles. The number of aryl methyl sites for hydroxylation is 1. The Bertz CT molecular complexity index is 1080. The highest BCUT2D eigenvalue weighted by Gasteiger charge is 2.44. The van der Waals surface area contributed by atoms with Crippen LogP contribution in [0, 0.1) is 12.3 Å². The van der Waals surface area contributed by atoms with Crippen molar-refractivity contribution in [3.63, 3.8) is 0 Å². The Hall–Kier alpha value is -3.09. The lowest BCUT2D eigenvalue weighted by atomic mass is 10.0. The highest BCUT2D eigenvalue weighted by atomic mass is 19.3. The summed E-state index contributed by atoms with van der Waals surface area (Å²) in [5.41, 5.74) is 10.5. The minimum atomic E-state index is -2.29. The highest BCUT2D eigenvalue weighted by Crippen LogP contribution is 2.50. The molecule has 150 valence electrons. The number of allylic oxidation sites excluding steroid dienone is 1. The van der Waals surface area contributed by atoms with Gasteiger partial charge in [-0.2, -0.15) is 0 Å². The summed E-state index contributed by atoms with van der Waals surface area (Å²) in [6, 6.07) is 7.73. The number of aromatic nitrogens is 3. The summed E-state index contributed by atoms with van der Waals surface area (Å²) in [6.07, 6.45) is 8.02. The Morgan fingerprint density at radius 2 is 2.21 bits per heavy atom. The van der Waals surface area contributed by atoms with Crippen molar-refractivity contribution in [1.82, 2.24) is 14.4 Å². The maximum absolute atomic E-state index is 12.7. The van der Waals surface area contributed by atoms with Crippen molar-refractivity contribution >= 4 is 17.4 Å². The van der Waals surface area contributed by atoms with E-state index in [4.69, 9.17) is 5.73 Å². The van der Waals surface area contributed by atoms with E-state index in [2.05, 4.69) is 15.0 Å². The molecular formula is C22H23F2N5. The van der Waals surface area contributed by atoms with Gasteiger partial charge in [-0.1, -0.05) is 6.07 Å². The third-order valence-electron chi connectivity index (χ3n) is 5.35. The summed E-state index contributed by atoms with van der Waals surface area (Å²) in [6.45, 7) is 2.34. The van der Waals surface area contributed by atoms with Crippen molar-refractivity contribution in [3.05, 3.63) is 60.3 Å². The number of aliphatic imine (C=N–C) groups is 1. The van der Waals surface area contributed by atoms with Gasteiger partial charge in [0.05, 0.1) is 11.4 Å². The van der Waals surface area contributed by atoms with Crippen LogP contribution in [0.3, 0.4) is 0 Å². The van der Waals surface area contributed by atoms with Crippen LogP contribution in [0.2, 0.25) is 0 Å². The van der Waals surface area contributed by atoms with Crippen LogP contribution in [0.5, 0.6) is 0 Å². The molecule has 0 spiro atoms. The van der Waals surface area contributed by atoms with Gasteiger partial charge >= 0.3 is 0 Å². The predicted molar refractivity (Wildman–Crippen MR) is 111 cm³/mol. The fourth-order valence-corrected chi connectivity index (χ4v) is 3.60. The lowest BCUT2D eigenvalue weighted by Crippen LogP contribution is -2.10. The molecule has 5 nitrogen and oxygen atoms in total. The molecule has 0 aliphatic heterocycles. The van der Waals surface area contributed by atoms with Crippen molar-refractivity contribution < 1.29 is 8.78 Å². The molecule has 29 heavy (non-hydrogen) atoms. The lowest BCUT2D eigenvalue weighted by Gasteiger charge is -2.12. The third kappa shape index (κ3) is 4.18. The Balaban J connectivity index is 1.61. The minimum absolute atomic E-state index is 0.0894. The summed E-state index contributed by atoms with van der Waals surface area (Å²) < 4.78 is 27.4. The highest BCUT2D eigenvalue weighted by molar-refractivity contribution is 6.11. The second kappa shape index (κ2) is 7.73. The average Bonchev–Trinajstić information content (AvgIpc) is 3.34. The fourth-order valence-electron chi connectivity index (χ4n) is 3.60. The number of rotatable bonds is 7. The molecule has 0 amide bonds. The van der Waals surface area contributed by atoms with Gasteiger partial charge in [0.1, 0.15) is 5.65 Å². The van der Waals surface area contributed by atoms with E-state index in [0.717, 1.165) is 41.0 Å². The summed E-state index contributed by atoms with van der Waals surface area (Å²) in [5, 5.41) is 0. The zero-order valence-corrected chi connectivity index (χ0v) is 16.2. The molecular weight excluding hydrogens is 372 g/mol. The van der Waals surface area contributed by atoms with E-state index in [1.54, 1.807) is 12.4 Å². The number of fused-ring (bicyclic) bond motifs is 1. The van der Waals surface area contributed by atoms with Gasteiger partial charge in [0.15, 0.2) is 0 Å². The van der Waals surface area contributed by atoms with E-state index >= 15 is 0 Å². The second-order valence-corrected chi connectivity index (χ2v) is 7.65. The van der Waals surface area contributed by atoms with E-state index in [9.17, 15) is 8.78 Å². The van der Waals surface area contributed by atoms with Gasteiger partial charge in [-0.3, -0.25) is 9.98 Å². The molecule has 4 rings (SSSR count). The summed E-state index contributed by atoms with van der Waals surface area (Å²) in [5.74, 6) is 0. The first-order valence-electron chi connectivity index (χ1n) is 9.61. The SMILES string of the molecule is Cc1cn2ccc(-c3ncccc3C(C=NCC3(CC(F)F)CC3)=CN)cc2n1. The normalized spacial score (nSPS) is 16.2. The van der Waals surface area contributed by atoms with E-state index in [0.29, 0.717) is 12.1 Å². The van der Waals surface area contributed by atoms with Gasteiger partial charge in [0.2, 0.25) is 6.43 Å². The molecule has 0 radical (unpaired) electrons. The number of alkyl halides is 2. The van der Waals surface area contributed by atoms with Crippen molar-refractivity contribution in [3.8, 4) is 11.3 Å². The van der Waals surface area contributed by atoms with E-state index in [1.807, 2.05) is 48.0 Å². The molecule has 3 aromatic heterocycles. The van der Waals surface area contributed by atoms with Crippen molar-refractivity contribution in [1.29, 1.82) is 0 Å². The number of pyridine rings is 2. The van der Waals surface area contributed by atoms with Gasteiger partial charge in [-0.15, -0.1) is 0 Å². The van der Waals surface area contributed by atoms with Gasteiger partial charge in [0.25, 0.3) is 0 Å². The molecule has 7 heteroatoms. The van der Waals surface area contributed by atoms with Crippen LogP contribution in [-0.4, -0.2) is 33.6 Å². The monoisotopic (exact) mass is 395 g/mol. The van der Waals surface area contributed by atoms with E-state index < -0.39 is 6.43 Å². The first kappa shape index (κ1) is 19.2. The van der Waals surface area contributed by atoms with Crippen LogP contribution in [-0.2, 0) is 0 Å². The van der Waals surface area contributed by atoms with Crippen molar-refractivity contribution in [2.75, 3.05) is 6.54 Å². The van der Waals surface area contributed by atoms with Crippen LogP contribution < -0.4 is 5.73 Å². The zero-order chi connectivity index (χ0) is 20.4. The average molecular weight is 395 g/mol. The number of halogens is 2. The van der Waals surface area contributed by atoms with Crippen molar-refractivity contribution in [2.24, 2.45) is 16.1 Å². The molecule has 1 aliphatic carbocycles. The Kier molecular flexibility index (Phi) is 5.13. The number of hydrogen-bond acceptors (Lipinski definition) is 4. The number of hydrogen-bond donors (Lipinski definition) is 1. The van der Waals surface area contributed by atoms with Crippen LogP contribution in [0.4, 0.5) is 8.78 Å². The number of nitrogens with zero attached hydrogens (tertiary/aromatic N) is 4. The second-order valence-electron chi connectivity index (χ2n) is 7.65. The fraction of sp³-hybridized carbons (Fsp3) is 0.318. The molecule has 0 unspecified atom stereocenters. The number of imidazole rings is 1. The maximum atomic E-state index is 12.7. The summed E-state index contributed by atoms with van der Waals surface area (Å²) in [4.78, 5) is 13.5. The molecule has 0 saturated heterocycles. The van der Waals surface area contributed by atoms with Gasteiger partial charge < -0.3 is 10.1 Å². The smallest absolute Gasteiger partial charge is 0.239 e. The van der Waals surface area contributed by atoms with Crippen LogP contribution in [0.1, 0.15) is 30.5 Å². The summed E-state index contributed by atoms with van der Waals surface area (Å²) in [7, 11) is 0. The molecule has 0 aromatic carbocycles. The maximum Gasteiger partial charge on any atom is 0.239 e. The lowest BCUT2D eigenvalue weighted by molar-refractivity contribution is 0.110. The third-order valence-corrected chi connectivity index (χ3v) is 5.35. The first-order chi connectivity index (χ1) is 14.0. The topological polar surface area (TPSA) is 68.6 Å². The molecule has 1 fully saturated rings.